The SMILES string of the molecule is COc1ccc(-c2[nH]c(=O)sc2CN(C)CC(=O)O)cc1. The van der Waals surface area contributed by atoms with Gasteiger partial charge >= 0.3 is 10.8 Å². The van der Waals surface area contributed by atoms with Gasteiger partial charge in [-0.2, -0.15) is 0 Å². The zero-order valence-electron chi connectivity index (χ0n) is 11.8. The number of carboxylic acid groups (broad SMARTS) is 1. The van der Waals surface area contributed by atoms with Crippen LogP contribution in [0.15, 0.2) is 29.1 Å². The van der Waals surface area contributed by atoms with Gasteiger partial charge in [-0.3, -0.25) is 14.5 Å². The number of benzene rings is 1. The van der Waals surface area contributed by atoms with E-state index in [1.54, 1.807) is 19.1 Å². The molecule has 0 saturated carbocycles. The minimum atomic E-state index is -0.897. The predicted molar refractivity (Wildman–Crippen MR) is 80.9 cm³/mol. The highest BCUT2D eigenvalue weighted by Gasteiger charge is 2.14. The highest BCUT2D eigenvalue weighted by molar-refractivity contribution is 7.09. The van der Waals surface area contributed by atoms with Crippen molar-refractivity contribution in [2.45, 2.75) is 6.54 Å². The lowest BCUT2D eigenvalue weighted by molar-refractivity contribution is -0.138. The van der Waals surface area contributed by atoms with Gasteiger partial charge in [0.2, 0.25) is 0 Å². The van der Waals surface area contributed by atoms with Crippen molar-refractivity contribution in [2.24, 2.45) is 0 Å². The molecule has 2 N–H and O–H groups in total. The fraction of sp³-hybridized carbons (Fsp3) is 0.286. The van der Waals surface area contributed by atoms with Gasteiger partial charge in [-0.25, -0.2) is 0 Å². The van der Waals surface area contributed by atoms with E-state index in [4.69, 9.17) is 9.84 Å². The van der Waals surface area contributed by atoms with E-state index in [-0.39, 0.29) is 11.4 Å². The number of nitrogens with zero attached hydrogens (tertiary/aromatic N) is 1. The van der Waals surface area contributed by atoms with Crippen molar-refractivity contribution in [3.63, 3.8) is 0 Å². The Bertz CT molecular complexity index is 675. The standard InChI is InChI=1S/C14H16N2O4S/c1-16(8-12(17)18)7-11-13(15-14(19)21-11)9-3-5-10(20-2)6-4-9/h3-6H,7-8H2,1-2H3,(H,15,19)(H,17,18). The first-order valence-electron chi connectivity index (χ1n) is 6.26. The maximum atomic E-state index is 11.6. The Hall–Kier alpha value is -2.12. The van der Waals surface area contributed by atoms with Crippen LogP contribution in [0.1, 0.15) is 4.88 Å². The number of carbonyl (C=O) groups is 1. The first-order chi connectivity index (χ1) is 9.99. The molecular formula is C14H16N2O4S. The van der Waals surface area contributed by atoms with Crippen LogP contribution in [-0.4, -0.2) is 41.7 Å². The molecule has 1 heterocycles. The summed E-state index contributed by atoms with van der Waals surface area (Å²) >= 11 is 1.10. The number of aromatic nitrogens is 1. The van der Waals surface area contributed by atoms with Crippen LogP contribution in [0.25, 0.3) is 11.3 Å². The van der Waals surface area contributed by atoms with E-state index in [2.05, 4.69) is 4.98 Å². The monoisotopic (exact) mass is 308 g/mol. The predicted octanol–water partition coefficient (Wildman–Crippen LogP) is 1.63. The minimum Gasteiger partial charge on any atom is -0.497 e. The van der Waals surface area contributed by atoms with E-state index in [1.807, 2.05) is 24.3 Å². The van der Waals surface area contributed by atoms with Crippen molar-refractivity contribution in [2.75, 3.05) is 20.7 Å². The van der Waals surface area contributed by atoms with Crippen molar-refractivity contribution in [1.29, 1.82) is 0 Å². The highest BCUT2D eigenvalue weighted by atomic mass is 32.1. The Morgan fingerprint density at radius 3 is 2.62 bits per heavy atom. The van der Waals surface area contributed by atoms with Crippen molar-refractivity contribution in [3.05, 3.63) is 38.8 Å². The molecule has 0 spiro atoms. The number of hydrogen-bond acceptors (Lipinski definition) is 5. The van der Waals surface area contributed by atoms with Gasteiger partial charge in [0.1, 0.15) is 5.75 Å². The van der Waals surface area contributed by atoms with Crippen molar-refractivity contribution in [1.82, 2.24) is 9.88 Å². The Morgan fingerprint density at radius 1 is 1.38 bits per heavy atom. The number of H-pyrrole nitrogens is 1. The molecule has 0 amide bonds. The summed E-state index contributed by atoms with van der Waals surface area (Å²) in [6, 6.07) is 7.35. The summed E-state index contributed by atoms with van der Waals surface area (Å²) in [6.07, 6.45) is 0. The molecule has 0 fully saturated rings. The Morgan fingerprint density at radius 2 is 2.05 bits per heavy atom. The van der Waals surface area contributed by atoms with Crippen LogP contribution in [0.3, 0.4) is 0 Å². The summed E-state index contributed by atoms with van der Waals surface area (Å²) in [5.74, 6) is -0.160. The lowest BCUT2D eigenvalue weighted by Crippen LogP contribution is -2.24. The molecule has 21 heavy (non-hydrogen) atoms. The van der Waals surface area contributed by atoms with Crippen molar-refractivity contribution in [3.8, 4) is 17.0 Å². The number of carboxylic acids is 1. The fourth-order valence-electron chi connectivity index (χ4n) is 1.99. The first kappa shape index (κ1) is 15.3. The Labute approximate surface area is 125 Å². The molecule has 0 atom stereocenters. The second kappa shape index (κ2) is 6.55. The van der Waals surface area contributed by atoms with Crippen molar-refractivity contribution >= 4 is 17.3 Å². The van der Waals surface area contributed by atoms with E-state index in [1.165, 1.54) is 0 Å². The van der Waals surface area contributed by atoms with E-state index < -0.39 is 5.97 Å². The number of likely N-dealkylation sites (N-methyl/N-ethyl adjacent to an activating group) is 1. The zero-order chi connectivity index (χ0) is 15.4. The van der Waals surface area contributed by atoms with E-state index in [9.17, 15) is 9.59 Å². The molecule has 6 nitrogen and oxygen atoms in total. The van der Waals surface area contributed by atoms with Crippen LogP contribution in [0.4, 0.5) is 0 Å². The molecule has 0 aliphatic carbocycles. The average Bonchev–Trinajstić information content (AvgIpc) is 2.78. The maximum absolute atomic E-state index is 11.6. The molecule has 7 heteroatoms. The van der Waals surface area contributed by atoms with Gasteiger partial charge in [0, 0.05) is 11.4 Å². The number of methoxy groups -OCH3 is 1. The van der Waals surface area contributed by atoms with Crippen LogP contribution >= 0.6 is 11.3 Å². The molecule has 0 radical (unpaired) electrons. The summed E-state index contributed by atoms with van der Waals surface area (Å²) in [7, 11) is 3.30. The van der Waals surface area contributed by atoms with Gasteiger partial charge in [-0.15, -0.1) is 0 Å². The smallest absolute Gasteiger partial charge is 0.317 e. The topological polar surface area (TPSA) is 82.6 Å². The number of thiazole rings is 1. The molecule has 1 aromatic carbocycles. The van der Waals surface area contributed by atoms with Crippen LogP contribution in [-0.2, 0) is 11.3 Å². The molecule has 0 aliphatic heterocycles. The van der Waals surface area contributed by atoms with Crippen LogP contribution < -0.4 is 9.61 Å². The third-order valence-corrected chi connectivity index (χ3v) is 3.79. The largest absolute Gasteiger partial charge is 0.497 e. The van der Waals surface area contributed by atoms with Crippen molar-refractivity contribution < 1.29 is 14.6 Å². The number of rotatable bonds is 6. The summed E-state index contributed by atoms with van der Waals surface area (Å²) in [6.45, 7) is 0.325. The van der Waals surface area contributed by atoms with Gasteiger partial charge in [0.15, 0.2) is 0 Å². The van der Waals surface area contributed by atoms with E-state index in [0.29, 0.717) is 6.54 Å². The molecular weight excluding hydrogens is 292 g/mol. The van der Waals surface area contributed by atoms with Crippen LogP contribution in [0, 0.1) is 0 Å². The first-order valence-corrected chi connectivity index (χ1v) is 7.08. The molecule has 1 aromatic heterocycles. The average molecular weight is 308 g/mol. The lowest BCUT2D eigenvalue weighted by Gasteiger charge is -2.13. The van der Waals surface area contributed by atoms with Gasteiger partial charge < -0.3 is 14.8 Å². The second-order valence-electron chi connectivity index (χ2n) is 4.61. The molecule has 2 rings (SSSR count). The number of hydrogen-bond donors (Lipinski definition) is 2. The summed E-state index contributed by atoms with van der Waals surface area (Å²) in [5.41, 5.74) is 1.60. The zero-order valence-corrected chi connectivity index (χ0v) is 12.6. The Balaban J connectivity index is 2.27. The van der Waals surface area contributed by atoms with E-state index in [0.717, 1.165) is 33.2 Å². The van der Waals surface area contributed by atoms with Gasteiger partial charge in [-0.05, 0) is 36.9 Å². The Kier molecular flexibility index (Phi) is 4.77. The van der Waals surface area contributed by atoms with E-state index >= 15 is 0 Å². The molecule has 0 saturated heterocycles. The highest BCUT2D eigenvalue weighted by Crippen LogP contribution is 2.26. The van der Waals surface area contributed by atoms with Crippen LogP contribution in [0.2, 0.25) is 0 Å². The molecule has 2 aromatic rings. The molecule has 112 valence electrons. The van der Waals surface area contributed by atoms with Gasteiger partial charge in [-0.1, -0.05) is 11.3 Å². The lowest BCUT2D eigenvalue weighted by atomic mass is 10.1. The summed E-state index contributed by atoms with van der Waals surface area (Å²) in [5, 5.41) is 8.79. The number of aliphatic carboxylic acids is 1. The summed E-state index contributed by atoms with van der Waals surface area (Å²) < 4.78 is 5.11. The third-order valence-electron chi connectivity index (χ3n) is 2.92. The fourth-order valence-corrected chi connectivity index (χ4v) is 2.93. The quantitative estimate of drug-likeness (QED) is 0.847. The molecule has 0 unspecified atom stereocenters. The normalized spacial score (nSPS) is 10.8. The summed E-state index contributed by atoms with van der Waals surface area (Å²) in [4.78, 5) is 27.4. The molecule has 0 bridgehead atoms. The third kappa shape index (κ3) is 3.93. The maximum Gasteiger partial charge on any atom is 0.317 e. The second-order valence-corrected chi connectivity index (χ2v) is 5.67. The number of nitrogens with one attached hydrogen (secondary N) is 1. The number of aromatic amines is 1. The number of ether oxygens (including phenoxy) is 1. The van der Waals surface area contributed by atoms with Gasteiger partial charge in [0.05, 0.1) is 19.3 Å². The molecule has 0 aliphatic rings. The minimum absolute atomic E-state index is 0.0753. The van der Waals surface area contributed by atoms with Gasteiger partial charge in [0.25, 0.3) is 0 Å². The van der Waals surface area contributed by atoms with Crippen LogP contribution in [0.5, 0.6) is 5.75 Å².